The van der Waals surface area contributed by atoms with Crippen molar-refractivity contribution in [2.24, 2.45) is 0 Å². The van der Waals surface area contributed by atoms with Crippen LogP contribution < -0.4 is 0 Å². The number of carboxylic acids is 1. The first-order valence-corrected chi connectivity index (χ1v) is 9.05. The number of ether oxygens (including phenoxy) is 1. The van der Waals surface area contributed by atoms with Crippen LogP contribution in [0.4, 0.5) is 4.39 Å². The SMILES string of the molecule is CC1=CCC(OCc2ccccc2F)=CC(c2nc3nc(C(=O)O)ccc3[nH]2)=C1. The molecule has 0 amide bonds. The van der Waals surface area contributed by atoms with E-state index < -0.39 is 5.97 Å². The number of hydrogen-bond donors (Lipinski definition) is 2. The fourth-order valence-electron chi connectivity index (χ4n) is 3.01. The van der Waals surface area contributed by atoms with E-state index in [-0.39, 0.29) is 18.1 Å². The number of fused-ring (bicyclic) bond motifs is 1. The van der Waals surface area contributed by atoms with E-state index >= 15 is 0 Å². The summed E-state index contributed by atoms with van der Waals surface area (Å²) in [7, 11) is 0. The number of nitrogens with one attached hydrogen (secondary N) is 1. The lowest BCUT2D eigenvalue weighted by Gasteiger charge is -2.09. The van der Waals surface area contributed by atoms with Crippen molar-refractivity contribution in [1.29, 1.82) is 0 Å². The lowest BCUT2D eigenvalue weighted by Crippen LogP contribution is -1.99. The van der Waals surface area contributed by atoms with Crippen LogP contribution in [0.25, 0.3) is 16.7 Å². The number of aromatic nitrogens is 3. The van der Waals surface area contributed by atoms with E-state index in [2.05, 4.69) is 15.0 Å². The zero-order valence-corrected chi connectivity index (χ0v) is 15.6. The molecule has 29 heavy (non-hydrogen) atoms. The number of nitrogens with zero attached hydrogens (tertiary/aromatic N) is 2. The minimum Gasteiger partial charge on any atom is -0.493 e. The van der Waals surface area contributed by atoms with Crippen LogP contribution in [0, 0.1) is 5.82 Å². The molecular weight excluding hydrogens is 373 g/mol. The van der Waals surface area contributed by atoms with Crippen LogP contribution >= 0.6 is 0 Å². The number of aromatic carboxylic acids is 1. The van der Waals surface area contributed by atoms with Gasteiger partial charge in [-0.25, -0.2) is 19.2 Å². The van der Waals surface area contributed by atoms with Gasteiger partial charge in [0.2, 0.25) is 0 Å². The van der Waals surface area contributed by atoms with Gasteiger partial charge in [0.1, 0.15) is 24.0 Å². The smallest absolute Gasteiger partial charge is 0.354 e. The molecule has 0 spiro atoms. The maximum Gasteiger partial charge on any atom is 0.354 e. The first kappa shape index (κ1) is 18.6. The molecule has 0 fully saturated rings. The standard InChI is InChI=1S/C22H18FN3O3/c1-13-6-7-16(29-12-14-4-2-3-5-17(14)23)11-15(10-13)20-24-18-8-9-19(22(27)28)25-21(18)26-20/h2-6,8-11H,7,12H2,1H3,(H,27,28)(H,24,25,26). The molecule has 0 unspecified atom stereocenters. The zero-order chi connectivity index (χ0) is 20.4. The van der Waals surface area contributed by atoms with Gasteiger partial charge in [-0.3, -0.25) is 0 Å². The molecule has 1 aromatic carbocycles. The largest absolute Gasteiger partial charge is 0.493 e. The van der Waals surface area contributed by atoms with Crippen molar-refractivity contribution in [3.05, 3.63) is 88.9 Å². The Hall–Kier alpha value is -3.74. The Morgan fingerprint density at radius 3 is 2.83 bits per heavy atom. The second kappa shape index (κ2) is 7.71. The first-order valence-electron chi connectivity index (χ1n) is 9.05. The van der Waals surface area contributed by atoms with Crippen LogP contribution in [-0.4, -0.2) is 26.0 Å². The predicted molar refractivity (Wildman–Crippen MR) is 106 cm³/mol. The number of pyridine rings is 1. The van der Waals surface area contributed by atoms with Gasteiger partial charge in [-0.15, -0.1) is 0 Å². The third-order valence-electron chi connectivity index (χ3n) is 4.53. The molecular formula is C22H18FN3O3. The Morgan fingerprint density at radius 2 is 2.03 bits per heavy atom. The molecule has 6 nitrogen and oxygen atoms in total. The molecule has 2 N–H and O–H groups in total. The topological polar surface area (TPSA) is 88.1 Å². The number of rotatable bonds is 5. The summed E-state index contributed by atoms with van der Waals surface area (Å²) in [6.45, 7) is 2.10. The highest BCUT2D eigenvalue weighted by Gasteiger charge is 2.14. The van der Waals surface area contributed by atoms with E-state index in [1.807, 2.05) is 25.2 Å². The third-order valence-corrected chi connectivity index (χ3v) is 4.53. The molecule has 0 saturated carbocycles. The number of carboxylic acid groups (broad SMARTS) is 1. The summed E-state index contributed by atoms with van der Waals surface area (Å²) in [5.74, 6) is -0.179. The lowest BCUT2D eigenvalue weighted by molar-refractivity contribution is 0.0691. The van der Waals surface area contributed by atoms with Crippen LogP contribution in [0.5, 0.6) is 0 Å². The van der Waals surface area contributed by atoms with Crippen LogP contribution in [0.3, 0.4) is 0 Å². The highest BCUT2D eigenvalue weighted by molar-refractivity contribution is 5.88. The fourth-order valence-corrected chi connectivity index (χ4v) is 3.01. The number of benzene rings is 1. The maximum absolute atomic E-state index is 13.8. The van der Waals surface area contributed by atoms with Gasteiger partial charge in [-0.2, -0.15) is 0 Å². The number of hydrogen-bond acceptors (Lipinski definition) is 4. The number of carbonyl (C=O) groups is 1. The van der Waals surface area contributed by atoms with Crippen molar-refractivity contribution >= 4 is 22.7 Å². The van der Waals surface area contributed by atoms with Crippen molar-refractivity contribution in [3.8, 4) is 0 Å². The van der Waals surface area contributed by atoms with E-state index in [9.17, 15) is 9.18 Å². The minimum absolute atomic E-state index is 0.0640. The summed E-state index contributed by atoms with van der Waals surface area (Å²) in [5.41, 5.74) is 3.19. The number of allylic oxidation sites excluding steroid dienone is 5. The highest BCUT2D eigenvalue weighted by Crippen LogP contribution is 2.25. The molecule has 7 heteroatoms. The summed E-state index contributed by atoms with van der Waals surface area (Å²) in [5, 5.41) is 9.11. The summed E-state index contributed by atoms with van der Waals surface area (Å²) in [4.78, 5) is 22.8. The van der Waals surface area contributed by atoms with Gasteiger partial charge in [-0.1, -0.05) is 29.8 Å². The van der Waals surface area contributed by atoms with Gasteiger partial charge in [0.05, 0.1) is 5.52 Å². The molecule has 0 aliphatic heterocycles. The second-order valence-electron chi connectivity index (χ2n) is 6.70. The number of imidazole rings is 1. The van der Waals surface area contributed by atoms with Crippen LogP contribution in [0.15, 0.2) is 66.0 Å². The highest BCUT2D eigenvalue weighted by atomic mass is 19.1. The van der Waals surface area contributed by atoms with Gasteiger partial charge in [0.25, 0.3) is 0 Å². The molecule has 1 aliphatic rings. The first-order chi connectivity index (χ1) is 14.0. The van der Waals surface area contributed by atoms with Gasteiger partial charge in [-0.05, 0) is 37.3 Å². The van der Waals surface area contributed by atoms with E-state index in [1.165, 1.54) is 12.1 Å². The number of aromatic amines is 1. The Kier molecular flexibility index (Phi) is 4.95. The molecule has 0 bridgehead atoms. The Bertz CT molecular complexity index is 1190. The molecule has 2 heterocycles. The second-order valence-corrected chi connectivity index (χ2v) is 6.70. The van der Waals surface area contributed by atoms with Gasteiger partial charge < -0.3 is 14.8 Å². The average molecular weight is 391 g/mol. The van der Waals surface area contributed by atoms with E-state index in [0.29, 0.717) is 34.7 Å². The normalized spacial score (nSPS) is 14.1. The van der Waals surface area contributed by atoms with Crippen molar-refractivity contribution in [2.75, 3.05) is 0 Å². The summed E-state index contributed by atoms with van der Waals surface area (Å²) in [6, 6.07) is 9.57. The molecule has 2 aromatic heterocycles. The molecule has 3 aromatic rings. The quantitative estimate of drug-likeness (QED) is 0.662. The number of H-pyrrole nitrogens is 1. The summed E-state index contributed by atoms with van der Waals surface area (Å²) < 4.78 is 19.7. The molecule has 0 radical (unpaired) electrons. The molecule has 4 rings (SSSR count). The number of halogens is 1. The zero-order valence-electron chi connectivity index (χ0n) is 15.6. The van der Waals surface area contributed by atoms with E-state index in [1.54, 1.807) is 24.3 Å². The van der Waals surface area contributed by atoms with Crippen LogP contribution in [0.1, 0.15) is 35.2 Å². The average Bonchev–Trinajstić information content (AvgIpc) is 3.04. The summed E-state index contributed by atoms with van der Waals surface area (Å²) >= 11 is 0. The van der Waals surface area contributed by atoms with Crippen molar-refractivity contribution in [3.63, 3.8) is 0 Å². The van der Waals surface area contributed by atoms with Gasteiger partial charge >= 0.3 is 5.97 Å². The van der Waals surface area contributed by atoms with E-state index in [4.69, 9.17) is 9.84 Å². The molecule has 0 atom stereocenters. The molecule has 0 saturated heterocycles. The predicted octanol–water partition coefficient (Wildman–Crippen LogP) is 4.63. The summed E-state index contributed by atoms with van der Waals surface area (Å²) in [6.07, 6.45) is 6.39. The van der Waals surface area contributed by atoms with Gasteiger partial charge in [0.15, 0.2) is 11.3 Å². The lowest BCUT2D eigenvalue weighted by atomic mass is 10.2. The molecule has 1 aliphatic carbocycles. The van der Waals surface area contributed by atoms with Gasteiger partial charge in [0, 0.05) is 17.6 Å². The van der Waals surface area contributed by atoms with Crippen LogP contribution in [-0.2, 0) is 11.3 Å². The maximum atomic E-state index is 13.8. The Morgan fingerprint density at radius 1 is 1.21 bits per heavy atom. The Balaban J connectivity index is 1.63. The van der Waals surface area contributed by atoms with Crippen molar-refractivity contribution in [1.82, 2.24) is 15.0 Å². The monoisotopic (exact) mass is 391 g/mol. The third kappa shape index (κ3) is 4.08. The fraction of sp³-hybridized carbons (Fsp3) is 0.136. The van der Waals surface area contributed by atoms with Crippen molar-refractivity contribution in [2.45, 2.75) is 20.0 Å². The van der Waals surface area contributed by atoms with E-state index in [0.717, 1.165) is 11.1 Å². The van der Waals surface area contributed by atoms with Crippen molar-refractivity contribution < 1.29 is 19.0 Å². The molecule has 146 valence electrons. The Labute approximate surface area is 166 Å². The minimum atomic E-state index is -1.10. The van der Waals surface area contributed by atoms with Crippen LogP contribution in [0.2, 0.25) is 0 Å².